The van der Waals surface area contributed by atoms with Crippen LogP contribution in [-0.2, 0) is 0 Å². The number of carbonyl (C=O) groups is 1. The van der Waals surface area contributed by atoms with Crippen molar-refractivity contribution in [1.82, 2.24) is 10.2 Å². The van der Waals surface area contributed by atoms with Gasteiger partial charge in [0.05, 0.1) is 5.56 Å². The predicted octanol–water partition coefficient (Wildman–Crippen LogP) is 3.61. The lowest BCUT2D eigenvalue weighted by atomic mass is 10.2. The Morgan fingerprint density at radius 2 is 1.82 bits per heavy atom. The summed E-state index contributed by atoms with van der Waals surface area (Å²) in [5.41, 5.74) is 2.32. The number of carbonyl (C=O) groups excluding carboxylic acids is 1. The smallest absolute Gasteiger partial charge is 0.254 e. The highest BCUT2D eigenvalue weighted by Crippen LogP contribution is 2.18. The minimum absolute atomic E-state index is 0.243. The fraction of sp³-hybridized carbons (Fsp3) is 0.409. The molecule has 6 heteroatoms. The molecule has 4 nitrogen and oxygen atoms in total. The van der Waals surface area contributed by atoms with E-state index < -0.39 is 17.5 Å². The average Bonchev–Trinajstić information content (AvgIpc) is 2.70. The zero-order chi connectivity index (χ0) is 19.9. The van der Waals surface area contributed by atoms with Crippen molar-refractivity contribution in [2.75, 3.05) is 44.2 Å². The quantitative estimate of drug-likeness (QED) is 0.738. The van der Waals surface area contributed by atoms with Gasteiger partial charge in [0.1, 0.15) is 11.6 Å². The fourth-order valence-corrected chi connectivity index (χ4v) is 3.48. The third kappa shape index (κ3) is 5.52. The maximum absolute atomic E-state index is 13.6. The molecule has 1 aliphatic rings. The van der Waals surface area contributed by atoms with Crippen molar-refractivity contribution in [1.29, 1.82) is 0 Å². The second-order valence-electron chi connectivity index (χ2n) is 7.25. The molecule has 1 aliphatic heterocycles. The molecule has 0 atom stereocenters. The number of hydrogen-bond acceptors (Lipinski definition) is 3. The van der Waals surface area contributed by atoms with Crippen LogP contribution in [0.3, 0.4) is 0 Å². The number of nitrogens with one attached hydrogen (secondary N) is 1. The second kappa shape index (κ2) is 9.64. The Bertz CT molecular complexity index is 804. The highest BCUT2D eigenvalue weighted by molar-refractivity contribution is 5.94. The van der Waals surface area contributed by atoms with Gasteiger partial charge in [0.15, 0.2) is 0 Å². The number of rotatable bonds is 7. The van der Waals surface area contributed by atoms with Gasteiger partial charge in [-0.25, -0.2) is 8.78 Å². The normalized spacial score (nSPS) is 14.9. The molecule has 0 saturated carbocycles. The van der Waals surface area contributed by atoms with Gasteiger partial charge in [-0.2, -0.15) is 0 Å². The van der Waals surface area contributed by atoms with Crippen molar-refractivity contribution in [2.24, 2.45) is 0 Å². The number of anilines is 1. The lowest BCUT2D eigenvalue weighted by molar-refractivity contribution is 0.0948. The molecule has 1 N–H and O–H groups in total. The molecule has 0 aromatic heterocycles. The SMILES string of the molecule is Cc1cccc(N2CCN(CCCCNC(=O)c3cc(F)ccc3F)CC2)c1. The summed E-state index contributed by atoms with van der Waals surface area (Å²) in [5, 5.41) is 2.67. The van der Waals surface area contributed by atoms with Gasteiger partial charge >= 0.3 is 0 Å². The molecule has 0 radical (unpaired) electrons. The van der Waals surface area contributed by atoms with Crippen molar-refractivity contribution in [3.05, 3.63) is 65.2 Å². The lowest BCUT2D eigenvalue weighted by Gasteiger charge is -2.36. The Hall–Kier alpha value is -2.47. The molecular weight excluding hydrogens is 360 g/mol. The molecule has 28 heavy (non-hydrogen) atoms. The van der Waals surface area contributed by atoms with Crippen LogP contribution in [0.4, 0.5) is 14.5 Å². The zero-order valence-corrected chi connectivity index (χ0v) is 16.3. The first kappa shape index (κ1) is 20.3. The summed E-state index contributed by atoms with van der Waals surface area (Å²) < 4.78 is 26.7. The molecule has 1 saturated heterocycles. The highest BCUT2D eigenvalue weighted by atomic mass is 19.1. The molecule has 0 unspecified atom stereocenters. The first-order chi connectivity index (χ1) is 13.5. The topological polar surface area (TPSA) is 35.6 Å². The largest absolute Gasteiger partial charge is 0.369 e. The zero-order valence-electron chi connectivity index (χ0n) is 16.3. The van der Waals surface area contributed by atoms with Gasteiger partial charge in [-0.15, -0.1) is 0 Å². The predicted molar refractivity (Wildman–Crippen MR) is 108 cm³/mol. The van der Waals surface area contributed by atoms with Crippen LogP contribution in [0, 0.1) is 18.6 Å². The van der Waals surface area contributed by atoms with E-state index in [1.54, 1.807) is 0 Å². The molecule has 2 aromatic carbocycles. The minimum atomic E-state index is -0.703. The van der Waals surface area contributed by atoms with Crippen LogP contribution in [-0.4, -0.2) is 50.1 Å². The van der Waals surface area contributed by atoms with Gasteiger partial charge in [-0.3, -0.25) is 9.69 Å². The summed E-state index contributed by atoms with van der Waals surface area (Å²) in [7, 11) is 0. The maximum Gasteiger partial charge on any atom is 0.254 e. The van der Waals surface area contributed by atoms with Crippen LogP contribution in [0.25, 0.3) is 0 Å². The van der Waals surface area contributed by atoms with Crippen LogP contribution in [0.5, 0.6) is 0 Å². The second-order valence-corrected chi connectivity index (χ2v) is 7.25. The van der Waals surface area contributed by atoms with E-state index in [4.69, 9.17) is 0 Å². The van der Waals surface area contributed by atoms with Crippen molar-refractivity contribution < 1.29 is 13.6 Å². The fourth-order valence-electron chi connectivity index (χ4n) is 3.48. The van der Waals surface area contributed by atoms with Gasteiger partial charge in [0, 0.05) is 38.4 Å². The summed E-state index contributed by atoms with van der Waals surface area (Å²) in [6.07, 6.45) is 1.76. The van der Waals surface area contributed by atoms with E-state index >= 15 is 0 Å². The third-order valence-electron chi connectivity index (χ3n) is 5.10. The number of nitrogens with zero attached hydrogens (tertiary/aromatic N) is 2. The van der Waals surface area contributed by atoms with E-state index in [9.17, 15) is 13.6 Å². The van der Waals surface area contributed by atoms with E-state index in [1.165, 1.54) is 11.3 Å². The maximum atomic E-state index is 13.6. The van der Waals surface area contributed by atoms with Crippen LogP contribution < -0.4 is 10.2 Å². The standard InChI is InChI=1S/C22H27F2N3O/c1-17-5-4-6-19(15-17)27-13-11-26(12-14-27)10-3-2-9-25-22(28)20-16-18(23)7-8-21(20)24/h4-8,15-16H,2-3,9-14H2,1H3,(H,25,28). The molecule has 1 amide bonds. The molecule has 150 valence electrons. The van der Waals surface area contributed by atoms with Crippen LogP contribution in [0.2, 0.25) is 0 Å². The van der Waals surface area contributed by atoms with Crippen LogP contribution in [0.1, 0.15) is 28.8 Å². The Morgan fingerprint density at radius 1 is 1.04 bits per heavy atom. The number of aryl methyl sites for hydroxylation is 1. The van der Waals surface area contributed by atoms with Crippen LogP contribution >= 0.6 is 0 Å². The van der Waals surface area contributed by atoms with Gasteiger partial charge in [0.25, 0.3) is 5.91 Å². The van der Waals surface area contributed by atoms with Crippen LogP contribution in [0.15, 0.2) is 42.5 Å². The van der Waals surface area contributed by atoms with Crippen molar-refractivity contribution in [3.63, 3.8) is 0 Å². The van der Waals surface area contributed by atoms with E-state index in [2.05, 4.69) is 46.3 Å². The number of unbranched alkanes of at least 4 members (excludes halogenated alkanes) is 1. The average molecular weight is 387 g/mol. The van der Waals surface area contributed by atoms with Gasteiger partial charge in [0.2, 0.25) is 0 Å². The molecule has 1 heterocycles. The Balaban J connectivity index is 1.33. The van der Waals surface area contributed by atoms with Gasteiger partial charge in [-0.05, 0) is 62.2 Å². The highest BCUT2D eigenvalue weighted by Gasteiger charge is 2.17. The van der Waals surface area contributed by atoms with Gasteiger partial charge in [-0.1, -0.05) is 12.1 Å². The van der Waals surface area contributed by atoms with Gasteiger partial charge < -0.3 is 10.2 Å². The third-order valence-corrected chi connectivity index (χ3v) is 5.10. The van der Waals surface area contributed by atoms with Crippen molar-refractivity contribution >= 4 is 11.6 Å². The summed E-state index contributed by atoms with van der Waals surface area (Å²) in [5.74, 6) is -1.88. The van der Waals surface area contributed by atoms with E-state index in [-0.39, 0.29) is 5.56 Å². The number of halogens is 2. The van der Waals surface area contributed by atoms with E-state index in [0.29, 0.717) is 6.54 Å². The van der Waals surface area contributed by atoms with E-state index in [1.807, 2.05) is 0 Å². The number of amides is 1. The monoisotopic (exact) mass is 387 g/mol. The van der Waals surface area contributed by atoms with Crippen molar-refractivity contribution in [2.45, 2.75) is 19.8 Å². The molecule has 3 rings (SSSR count). The number of piperazine rings is 1. The Morgan fingerprint density at radius 3 is 2.57 bits per heavy atom. The summed E-state index contributed by atoms with van der Waals surface area (Å²) in [6.45, 7) is 7.62. The number of benzene rings is 2. The summed E-state index contributed by atoms with van der Waals surface area (Å²) in [6, 6.07) is 11.5. The molecule has 0 aliphatic carbocycles. The first-order valence-electron chi connectivity index (χ1n) is 9.80. The molecule has 2 aromatic rings. The summed E-state index contributed by atoms with van der Waals surface area (Å²) in [4.78, 5) is 16.8. The van der Waals surface area contributed by atoms with E-state index in [0.717, 1.165) is 63.8 Å². The van der Waals surface area contributed by atoms with Crippen molar-refractivity contribution in [3.8, 4) is 0 Å². The molecule has 0 bridgehead atoms. The Labute approximate surface area is 165 Å². The first-order valence-corrected chi connectivity index (χ1v) is 9.80. The Kier molecular flexibility index (Phi) is 6.98. The molecule has 0 spiro atoms. The lowest BCUT2D eigenvalue weighted by Crippen LogP contribution is -2.46. The minimum Gasteiger partial charge on any atom is -0.369 e. The molecule has 1 fully saturated rings. The number of hydrogen-bond donors (Lipinski definition) is 1. The molecular formula is C22H27F2N3O. The summed E-state index contributed by atoms with van der Waals surface area (Å²) >= 11 is 0.